The zero-order chi connectivity index (χ0) is 22.9. The fourth-order valence-corrected chi connectivity index (χ4v) is 6.54. The molecule has 4 aromatic carbocycles. The molecule has 2 heteroatoms. The van der Waals surface area contributed by atoms with Crippen LogP contribution in [-0.4, -0.2) is 11.3 Å². The van der Waals surface area contributed by atoms with E-state index in [1.54, 1.807) is 0 Å². The van der Waals surface area contributed by atoms with Crippen molar-refractivity contribution < 1.29 is 4.58 Å². The molecular formula is C31H27NS. The second-order valence-electron chi connectivity index (χ2n) is 10.0. The fraction of sp³-hybridized carbons (Fsp3) is 0.161. The third-order valence-corrected chi connectivity index (χ3v) is 8.09. The summed E-state index contributed by atoms with van der Waals surface area (Å²) in [4.78, 5) is 1.30. The summed E-state index contributed by atoms with van der Waals surface area (Å²) < 4.78 is 3.38. The lowest BCUT2D eigenvalue weighted by atomic mass is 9.79. The number of thiophene rings is 1. The van der Waals surface area contributed by atoms with Crippen molar-refractivity contribution >= 4 is 55.8 Å². The largest absolute Gasteiger partial charge is 0.257 e. The van der Waals surface area contributed by atoms with E-state index in [0.717, 1.165) is 0 Å². The van der Waals surface area contributed by atoms with Gasteiger partial charge in [0.2, 0.25) is 0 Å². The molecule has 162 valence electrons. The summed E-state index contributed by atoms with van der Waals surface area (Å²) in [5.41, 5.74) is 5.31. The molecule has 0 saturated carbocycles. The van der Waals surface area contributed by atoms with Crippen molar-refractivity contribution in [3.05, 3.63) is 106 Å². The van der Waals surface area contributed by atoms with Gasteiger partial charge in [-0.05, 0) is 38.8 Å². The highest BCUT2D eigenvalue weighted by molar-refractivity contribution is 7.20. The van der Waals surface area contributed by atoms with Gasteiger partial charge in [-0.15, -0.1) is 6.07 Å². The Morgan fingerprint density at radius 2 is 1.61 bits per heavy atom. The van der Waals surface area contributed by atoms with E-state index >= 15 is 0 Å². The van der Waals surface area contributed by atoms with E-state index < -0.39 is 0 Å². The minimum Gasteiger partial charge on any atom is -0.257 e. The molecule has 0 unspecified atom stereocenters. The zero-order valence-corrected chi connectivity index (χ0v) is 20.4. The number of rotatable bonds is 1. The molecule has 0 fully saturated rings. The summed E-state index contributed by atoms with van der Waals surface area (Å²) >= 11 is 1.88. The van der Waals surface area contributed by atoms with E-state index in [-0.39, 0.29) is 5.41 Å². The van der Waals surface area contributed by atoms with Crippen LogP contribution in [0.5, 0.6) is 0 Å². The molecule has 6 rings (SSSR count). The molecule has 0 atom stereocenters. The maximum atomic E-state index is 4.42. The van der Waals surface area contributed by atoms with Crippen molar-refractivity contribution in [2.24, 2.45) is 0 Å². The maximum Gasteiger partial charge on any atom is 0.197 e. The van der Waals surface area contributed by atoms with Crippen molar-refractivity contribution in [2.75, 3.05) is 0 Å². The van der Waals surface area contributed by atoms with Gasteiger partial charge >= 0.3 is 0 Å². The van der Waals surface area contributed by atoms with Crippen LogP contribution in [0.15, 0.2) is 72.9 Å². The predicted octanol–water partition coefficient (Wildman–Crippen LogP) is 8.44. The normalized spacial score (nSPS) is 13.9. The first kappa shape index (κ1) is 20.3. The summed E-state index contributed by atoms with van der Waals surface area (Å²) in [5, 5.41) is 6.62. The van der Waals surface area contributed by atoms with Crippen LogP contribution in [0.1, 0.15) is 47.9 Å². The van der Waals surface area contributed by atoms with Gasteiger partial charge in [0.05, 0.1) is 6.72 Å². The Bertz CT molecular complexity index is 1620. The van der Waals surface area contributed by atoms with Gasteiger partial charge in [-0.2, -0.15) is 0 Å². The molecule has 0 amide bonds. The lowest BCUT2D eigenvalue weighted by Gasteiger charge is -2.28. The van der Waals surface area contributed by atoms with Gasteiger partial charge in [-0.1, -0.05) is 110 Å². The highest BCUT2D eigenvalue weighted by Crippen LogP contribution is 2.46. The van der Waals surface area contributed by atoms with Crippen molar-refractivity contribution in [2.45, 2.75) is 33.1 Å². The number of aryl methyl sites for hydroxylation is 1. The highest BCUT2D eigenvalue weighted by Gasteiger charge is 2.34. The van der Waals surface area contributed by atoms with Crippen molar-refractivity contribution in [3.8, 4) is 0 Å². The van der Waals surface area contributed by atoms with Gasteiger partial charge in [-0.25, -0.2) is 0 Å². The van der Waals surface area contributed by atoms with E-state index in [1.165, 1.54) is 64.8 Å². The first-order chi connectivity index (χ1) is 15.8. The quantitative estimate of drug-likeness (QED) is 0.138. The second kappa shape index (κ2) is 7.07. The molecule has 0 radical (unpaired) electrons. The van der Waals surface area contributed by atoms with E-state index in [9.17, 15) is 0 Å². The standard InChI is InChI=1S/C31H27NS/c1-19-21-11-8-9-13-23(21)26(31(2,3)4)18-25(19)29-30-24(16-17-32(29)5)28-22-12-7-6-10-20(22)14-15-27(28)33-30/h6-18H,5H2,1-4H3. The molecule has 0 saturated heterocycles. The minimum atomic E-state index is 0.0400. The average Bonchev–Trinajstić information content (AvgIpc) is 3.18. The molecule has 0 spiro atoms. The van der Waals surface area contributed by atoms with Crippen LogP contribution >= 0.6 is 11.3 Å². The Labute approximate surface area is 199 Å². The number of hydrogen-bond acceptors (Lipinski definition) is 0. The van der Waals surface area contributed by atoms with Gasteiger partial charge in [0.1, 0.15) is 17.5 Å². The first-order valence-corrected chi connectivity index (χ1v) is 12.3. The third-order valence-electron chi connectivity index (χ3n) is 6.92. The Morgan fingerprint density at radius 3 is 2.36 bits per heavy atom. The van der Waals surface area contributed by atoms with Gasteiger partial charge in [0.25, 0.3) is 0 Å². The summed E-state index contributed by atoms with van der Waals surface area (Å²) in [5.74, 6) is 0. The smallest absolute Gasteiger partial charge is 0.197 e. The molecule has 1 aromatic heterocycles. The maximum absolute atomic E-state index is 4.42. The minimum absolute atomic E-state index is 0.0400. The van der Waals surface area contributed by atoms with E-state index in [2.05, 4.69) is 118 Å². The van der Waals surface area contributed by atoms with E-state index in [1.807, 2.05) is 11.3 Å². The van der Waals surface area contributed by atoms with Crippen LogP contribution in [-0.2, 0) is 5.41 Å². The Balaban J connectivity index is 1.68. The molecular weight excluding hydrogens is 418 g/mol. The average molecular weight is 446 g/mol. The van der Waals surface area contributed by atoms with Crippen LogP contribution in [0, 0.1) is 13.0 Å². The van der Waals surface area contributed by atoms with Crippen LogP contribution in [0.2, 0.25) is 0 Å². The highest BCUT2D eigenvalue weighted by atomic mass is 32.1. The van der Waals surface area contributed by atoms with Crippen molar-refractivity contribution in [1.82, 2.24) is 0 Å². The van der Waals surface area contributed by atoms with E-state index in [0.29, 0.717) is 0 Å². The van der Waals surface area contributed by atoms with Crippen molar-refractivity contribution in [1.29, 1.82) is 0 Å². The summed E-state index contributed by atoms with van der Waals surface area (Å²) in [7, 11) is 0. The van der Waals surface area contributed by atoms with Gasteiger partial charge in [0.15, 0.2) is 15.6 Å². The van der Waals surface area contributed by atoms with Crippen LogP contribution in [0.4, 0.5) is 0 Å². The van der Waals surface area contributed by atoms with Gasteiger partial charge in [-0.3, -0.25) is 4.58 Å². The number of fused-ring (bicyclic) bond motifs is 6. The molecule has 1 aliphatic rings. The third kappa shape index (κ3) is 2.98. The molecule has 0 aliphatic carbocycles. The number of nitrogens with zero attached hydrogens (tertiary/aromatic N) is 1. The molecule has 1 aliphatic heterocycles. The van der Waals surface area contributed by atoms with Crippen LogP contribution < -0.4 is 0 Å². The molecule has 33 heavy (non-hydrogen) atoms. The lowest BCUT2D eigenvalue weighted by molar-refractivity contribution is -0.417. The zero-order valence-electron chi connectivity index (χ0n) is 19.6. The Kier molecular flexibility index (Phi) is 4.34. The lowest BCUT2D eigenvalue weighted by Crippen LogP contribution is -2.20. The Hall–Kier alpha value is -3.36. The fourth-order valence-electron chi connectivity index (χ4n) is 5.26. The predicted molar refractivity (Wildman–Crippen MR) is 145 cm³/mol. The van der Waals surface area contributed by atoms with Gasteiger partial charge in [0, 0.05) is 0 Å². The number of hydrogen-bond donors (Lipinski definition) is 0. The van der Waals surface area contributed by atoms with Gasteiger partial charge < -0.3 is 0 Å². The molecule has 0 N–H and O–H groups in total. The van der Waals surface area contributed by atoms with Crippen molar-refractivity contribution in [3.63, 3.8) is 0 Å². The summed E-state index contributed by atoms with van der Waals surface area (Å²) in [6, 6.07) is 25.6. The molecule has 1 nitrogen and oxygen atoms in total. The summed E-state index contributed by atoms with van der Waals surface area (Å²) in [6.07, 6.45) is 4.36. The SMILES string of the molecule is C=[N+]1C=Cc2c([s+][c-]3ccc4ccccc4c23)[C-]1c1cc(C(C)(C)C)c2ccccc2c1C. The monoisotopic (exact) mass is 445 g/mol. The van der Waals surface area contributed by atoms with Crippen LogP contribution in [0.3, 0.4) is 0 Å². The summed E-state index contributed by atoms with van der Waals surface area (Å²) in [6.45, 7) is 13.6. The topological polar surface area (TPSA) is 3.01 Å². The Morgan fingerprint density at radius 1 is 0.909 bits per heavy atom. The second-order valence-corrected chi connectivity index (χ2v) is 11.1. The van der Waals surface area contributed by atoms with Crippen LogP contribution in [0.25, 0.3) is 37.7 Å². The van der Waals surface area contributed by atoms with E-state index in [4.69, 9.17) is 0 Å². The molecule has 5 aromatic rings. The first-order valence-electron chi connectivity index (χ1n) is 11.5. The molecule has 2 heterocycles. The molecule has 0 bridgehead atoms. The number of benzene rings is 4.